The molecule has 19 heavy (non-hydrogen) atoms. The van der Waals surface area contributed by atoms with Crippen molar-refractivity contribution in [3.8, 4) is 5.75 Å². The standard InChI is InChI=1S/C13H16ClNO4/c1-2-15(8-7-13(17)18)12(16)9-19-11-6-4-3-5-10(11)14/h3-6H,2,7-9H2,1H3,(H,17,18). The Bertz CT molecular complexity index is 450. The van der Waals surface area contributed by atoms with Crippen molar-refractivity contribution in [2.24, 2.45) is 0 Å². The van der Waals surface area contributed by atoms with Gasteiger partial charge in [0.1, 0.15) is 5.75 Å². The summed E-state index contributed by atoms with van der Waals surface area (Å²) in [4.78, 5) is 23.8. The summed E-state index contributed by atoms with van der Waals surface area (Å²) in [6.45, 7) is 2.25. The fourth-order valence-corrected chi connectivity index (χ4v) is 1.67. The molecule has 0 radical (unpaired) electrons. The second-order valence-corrected chi connectivity index (χ2v) is 4.24. The first-order valence-corrected chi connectivity index (χ1v) is 6.29. The van der Waals surface area contributed by atoms with Gasteiger partial charge in [-0.1, -0.05) is 23.7 Å². The van der Waals surface area contributed by atoms with Crippen molar-refractivity contribution in [2.75, 3.05) is 19.7 Å². The number of carboxylic acid groups (broad SMARTS) is 1. The van der Waals surface area contributed by atoms with Crippen LogP contribution in [0.25, 0.3) is 0 Å². The number of para-hydroxylation sites is 1. The SMILES string of the molecule is CCN(CCC(=O)O)C(=O)COc1ccccc1Cl. The van der Waals surface area contributed by atoms with Crippen LogP contribution in [-0.2, 0) is 9.59 Å². The van der Waals surface area contributed by atoms with Crippen molar-refractivity contribution in [2.45, 2.75) is 13.3 Å². The number of aliphatic carboxylic acids is 1. The lowest BCUT2D eigenvalue weighted by Gasteiger charge is -2.20. The number of carboxylic acids is 1. The topological polar surface area (TPSA) is 66.8 Å². The van der Waals surface area contributed by atoms with Gasteiger partial charge in [0.2, 0.25) is 0 Å². The number of halogens is 1. The van der Waals surface area contributed by atoms with Gasteiger partial charge in [-0.3, -0.25) is 9.59 Å². The normalized spacial score (nSPS) is 10.0. The molecule has 0 aliphatic carbocycles. The molecule has 0 spiro atoms. The van der Waals surface area contributed by atoms with Crippen LogP contribution in [0.15, 0.2) is 24.3 Å². The van der Waals surface area contributed by atoms with Gasteiger partial charge in [0.05, 0.1) is 11.4 Å². The average molecular weight is 286 g/mol. The van der Waals surface area contributed by atoms with E-state index in [0.717, 1.165) is 0 Å². The molecule has 5 nitrogen and oxygen atoms in total. The summed E-state index contributed by atoms with van der Waals surface area (Å²) in [7, 11) is 0. The van der Waals surface area contributed by atoms with E-state index in [9.17, 15) is 9.59 Å². The lowest BCUT2D eigenvalue weighted by molar-refractivity contribution is -0.139. The predicted molar refractivity (Wildman–Crippen MR) is 71.5 cm³/mol. The second kappa shape index (κ2) is 7.63. The van der Waals surface area contributed by atoms with Crippen molar-refractivity contribution in [1.29, 1.82) is 0 Å². The lowest BCUT2D eigenvalue weighted by Crippen LogP contribution is -2.36. The molecular weight excluding hydrogens is 270 g/mol. The smallest absolute Gasteiger partial charge is 0.305 e. The third kappa shape index (κ3) is 5.18. The Labute approximate surface area is 116 Å². The molecule has 0 aliphatic rings. The van der Waals surface area contributed by atoms with E-state index in [1.165, 1.54) is 4.90 Å². The van der Waals surface area contributed by atoms with E-state index in [2.05, 4.69) is 0 Å². The molecular formula is C13H16ClNO4. The van der Waals surface area contributed by atoms with E-state index >= 15 is 0 Å². The van der Waals surface area contributed by atoms with E-state index in [0.29, 0.717) is 17.3 Å². The number of nitrogens with zero attached hydrogens (tertiary/aromatic N) is 1. The van der Waals surface area contributed by atoms with Gasteiger partial charge >= 0.3 is 5.97 Å². The van der Waals surface area contributed by atoms with Crippen molar-refractivity contribution in [3.63, 3.8) is 0 Å². The Morgan fingerprint density at radius 1 is 1.37 bits per heavy atom. The van der Waals surface area contributed by atoms with Gasteiger partial charge < -0.3 is 14.7 Å². The summed E-state index contributed by atoms with van der Waals surface area (Å²) >= 11 is 5.90. The highest BCUT2D eigenvalue weighted by Crippen LogP contribution is 2.22. The van der Waals surface area contributed by atoms with Gasteiger partial charge in [0.25, 0.3) is 5.91 Å². The molecule has 0 heterocycles. The summed E-state index contributed by atoms with van der Waals surface area (Å²) in [5, 5.41) is 9.03. The first-order valence-electron chi connectivity index (χ1n) is 5.91. The first kappa shape index (κ1) is 15.3. The number of carbonyl (C=O) groups excluding carboxylic acids is 1. The quantitative estimate of drug-likeness (QED) is 0.832. The maximum Gasteiger partial charge on any atom is 0.305 e. The molecule has 0 fully saturated rings. The largest absolute Gasteiger partial charge is 0.482 e. The van der Waals surface area contributed by atoms with Crippen molar-refractivity contribution < 1.29 is 19.4 Å². The first-order chi connectivity index (χ1) is 9.04. The van der Waals surface area contributed by atoms with E-state index < -0.39 is 5.97 Å². The molecule has 1 aromatic rings. The molecule has 1 amide bonds. The number of hydrogen-bond donors (Lipinski definition) is 1. The molecule has 104 valence electrons. The Balaban J connectivity index is 2.49. The van der Waals surface area contributed by atoms with E-state index in [1.54, 1.807) is 31.2 Å². The van der Waals surface area contributed by atoms with Crippen LogP contribution in [-0.4, -0.2) is 41.6 Å². The number of amides is 1. The summed E-state index contributed by atoms with van der Waals surface area (Å²) in [6.07, 6.45) is -0.0777. The molecule has 0 unspecified atom stereocenters. The molecule has 1 rings (SSSR count). The maximum absolute atomic E-state index is 11.8. The summed E-state index contributed by atoms with van der Waals surface area (Å²) in [5.41, 5.74) is 0. The Morgan fingerprint density at radius 3 is 2.63 bits per heavy atom. The van der Waals surface area contributed by atoms with Gasteiger partial charge in [-0.15, -0.1) is 0 Å². The minimum absolute atomic E-state index is 0.0777. The van der Waals surface area contributed by atoms with Crippen LogP contribution in [0.3, 0.4) is 0 Å². The molecule has 6 heteroatoms. The molecule has 0 saturated carbocycles. The van der Waals surface area contributed by atoms with E-state index in [-0.39, 0.29) is 25.5 Å². The Morgan fingerprint density at radius 2 is 2.05 bits per heavy atom. The Hall–Kier alpha value is -1.75. The molecule has 0 bridgehead atoms. The number of ether oxygens (including phenoxy) is 1. The van der Waals surface area contributed by atoms with Gasteiger partial charge in [-0.2, -0.15) is 0 Å². The highest BCUT2D eigenvalue weighted by molar-refractivity contribution is 6.32. The average Bonchev–Trinajstić information content (AvgIpc) is 2.38. The molecule has 0 aliphatic heterocycles. The fraction of sp³-hybridized carbons (Fsp3) is 0.385. The summed E-state index contributed by atoms with van der Waals surface area (Å²) < 4.78 is 5.32. The third-order valence-corrected chi connectivity index (χ3v) is 2.83. The number of likely N-dealkylation sites (N-methyl/N-ethyl adjacent to an activating group) is 1. The zero-order chi connectivity index (χ0) is 14.3. The van der Waals surface area contributed by atoms with Crippen molar-refractivity contribution in [1.82, 2.24) is 4.90 Å². The van der Waals surface area contributed by atoms with Gasteiger partial charge in [-0.05, 0) is 19.1 Å². The zero-order valence-electron chi connectivity index (χ0n) is 10.6. The van der Waals surface area contributed by atoms with Crippen molar-refractivity contribution in [3.05, 3.63) is 29.3 Å². The van der Waals surface area contributed by atoms with Crippen LogP contribution in [0.1, 0.15) is 13.3 Å². The molecule has 0 aromatic heterocycles. The van der Waals surface area contributed by atoms with Gasteiger partial charge in [0, 0.05) is 13.1 Å². The monoisotopic (exact) mass is 285 g/mol. The van der Waals surface area contributed by atoms with Gasteiger partial charge in [-0.25, -0.2) is 0 Å². The molecule has 0 saturated heterocycles. The van der Waals surface area contributed by atoms with Crippen LogP contribution in [0, 0.1) is 0 Å². The van der Waals surface area contributed by atoms with Crippen molar-refractivity contribution >= 4 is 23.5 Å². The lowest BCUT2D eigenvalue weighted by atomic mass is 10.3. The third-order valence-electron chi connectivity index (χ3n) is 2.52. The minimum atomic E-state index is -0.932. The Kier molecular flexibility index (Phi) is 6.15. The highest BCUT2D eigenvalue weighted by atomic mass is 35.5. The second-order valence-electron chi connectivity index (χ2n) is 3.84. The van der Waals surface area contributed by atoms with Crippen LogP contribution in [0.5, 0.6) is 5.75 Å². The van der Waals surface area contributed by atoms with Gasteiger partial charge in [0.15, 0.2) is 6.61 Å². The van der Waals surface area contributed by atoms with Crippen LogP contribution in [0.4, 0.5) is 0 Å². The van der Waals surface area contributed by atoms with Crippen LogP contribution >= 0.6 is 11.6 Å². The van der Waals surface area contributed by atoms with Crippen LogP contribution in [0.2, 0.25) is 5.02 Å². The predicted octanol–water partition coefficient (Wildman–Crippen LogP) is 2.04. The summed E-state index contributed by atoms with van der Waals surface area (Å²) in [5.74, 6) is -0.756. The highest BCUT2D eigenvalue weighted by Gasteiger charge is 2.14. The summed E-state index contributed by atoms with van der Waals surface area (Å²) in [6, 6.07) is 6.86. The zero-order valence-corrected chi connectivity index (χ0v) is 11.4. The fourth-order valence-electron chi connectivity index (χ4n) is 1.48. The molecule has 1 N–H and O–H groups in total. The minimum Gasteiger partial charge on any atom is -0.482 e. The molecule has 0 atom stereocenters. The number of rotatable bonds is 7. The number of benzene rings is 1. The van der Waals surface area contributed by atoms with E-state index in [1.807, 2.05) is 0 Å². The van der Waals surface area contributed by atoms with E-state index in [4.69, 9.17) is 21.4 Å². The van der Waals surface area contributed by atoms with Crippen LogP contribution < -0.4 is 4.74 Å². The molecule has 1 aromatic carbocycles. The maximum atomic E-state index is 11.8. The number of hydrogen-bond acceptors (Lipinski definition) is 3. The number of carbonyl (C=O) groups is 2.